The lowest BCUT2D eigenvalue weighted by atomic mass is 9.75. The maximum atomic E-state index is 14.5. The van der Waals surface area contributed by atoms with Crippen LogP contribution in [0.3, 0.4) is 0 Å². The number of carbonyl (C=O) groups is 2. The number of hydrogen-bond acceptors (Lipinski definition) is 6. The van der Waals surface area contributed by atoms with E-state index in [1.54, 1.807) is 0 Å². The van der Waals surface area contributed by atoms with E-state index in [0.29, 0.717) is 12.2 Å². The van der Waals surface area contributed by atoms with Gasteiger partial charge < -0.3 is 9.30 Å². The number of benzene rings is 5. The molecular weight excluding hydrogens is 653 g/mol. The van der Waals surface area contributed by atoms with Crippen LogP contribution in [0.5, 0.6) is 5.75 Å². The number of imidazole rings is 1. The zero-order chi connectivity index (χ0) is 34.8. The van der Waals surface area contributed by atoms with Crippen LogP contribution in [0.2, 0.25) is 0 Å². The van der Waals surface area contributed by atoms with Crippen LogP contribution in [-0.2, 0) is 30.4 Å². The smallest absolute Gasteiger partial charge is 0.290 e. The summed E-state index contributed by atoms with van der Waals surface area (Å²) in [4.78, 5) is 39.6. The van der Waals surface area contributed by atoms with Crippen molar-refractivity contribution in [1.82, 2.24) is 19.4 Å². The molecule has 0 N–H and O–H groups in total. The van der Waals surface area contributed by atoms with Crippen LogP contribution < -0.4 is 4.74 Å². The van der Waals surface area contributed by atoms with Crippen LogP contribution in [0.1, 0.15) is 28.1 Å². The number of amides is 2. The molecule has 0 radical (unpaired) electrons. The van der Waals surface area contributed by atoms with Crippen LogP contribution in [0.25, 0.3) is 22.4 Å². The van der Waals surface area contributed by atoms with E-state index in [0.717, 1.165) is 62.3 Å². The Bertz CT molecular complexity index is 2220. The number of imide groups is 1. The molecule has 51 heavy (non-hydrogen) atoms. The van der Waals surface area contributed by atoms with Crippen molar-refractivity contribution in [3.63, 3.8) is 0 Å². The number of thioether (sulfide) groups is 1. The van der Waals surface area contributed by atoms with Gasteiger partial charge in [-0.3, -0.25) is 14.5 Å². The summed E-state index contributed by atoms with van der Waals surface area (Å²) in [6.45, 7) is 0.272. The van der Waals surface area contributed by atoms with Gasteiger partial charge in [-0.25, -0.2) is 9.97 Å². The normalized spacial score (nSPS) is 14.7. The molecule has 5 aromatic carbocycles. The van der Waals surface area contributed by atoms with Crippen molar-refractivity contribution in [3.8, 4) is 17.0 Å². The van der Waals surface area contributed by atoms with Crippen molar-refractivity contribution in [1.29, 1.82) is 0 Å². The number of fused-ring (bicyclic) bond motifs is 1. The molecule has 2 amide bonds. The molecule has 1 saturated heterocycles. The molecule has 250 valence electrons. The minimum atomic E-state index is -1.13. The van der Waals surface area contributed by atoms with Gasteiger partial charge in [0.25, 0.3) is 5.24 Å². The third-order valence-corrected chi connectivity index (χ3v) is 10.5. The zero-order valence-electron chi connectivity index (χ0n) is 27.9. The maximum Gasteiger partial charge on any atom is 0.290 e. The van der Waals surface area contributed by atoms with Crippen LogP contribution in [0.4, 0.5) is 4.79 Å². The highest BCUT2D eigenvalue weighted by molar-refractivity contribution is 8.15. The number of aromatic nitrogens is 3. The molecule has 0 spiro atoms. The van der Waals surface area contributed by atoms with Crippen molar-refractivity contribution in [2.75, 3.05) is 0 Å². The molecule has 2 aromatic heterocycles. The van der Waals surface area contributed by atoms with Crippen molar-refractivity contribution in [3.05, 3.63) is 186 Å². The van der Waals surface area contributed by atoms with Crippen molar-refractivity contribution < 1.29 is 14.3 Å². The van der Waals surface area contributed by atoms with E-state index in [4.69, 9.17) is 14.7 Å². The third kappa shape index (κ3) is 5.98. The molecule has 0 aliphatic carbocycles. The lowest BCUT2D eigenvalue weighted by molar-refractivity contribution is -0.129. The topological polar surface area (TPSA) is 77.3 Å². The SMILES string of the molecule is Cn1c(COc2ccc(CC3SC(=O)N(C(c4ccccc4)(c4ccccc4)c4ccccc4)C3=O)cc2)nc2ccc(-c3ccccc3)nc21. The predicted octanol–water partition coefficient (Wildman–Crippen LogP) is 8.81. The average molecular weight is 687 g/mol. The van der Waals surface area contributed by atoms with Gasteiger partial charge in [-0.2, -0.15) is 0 Å². The average Bonchev–Trinajstić information content (AvgIpc) is 3.66. The van der Waals surface area contributed by atoms with Gasteiger partial charge in [0.2, 0.25) is 5.91 Å². The molecule has 7 aromatic rings. The van der Waals surface area contributed by atoms with Gasteiger partial charge in [0, 0.05) is 12.6 Å². The second kappa shape index (κ2) is 13.7. The zero-order valence-corrected chi connectivity index (χ0v) is 28.7. The van der Waals surface area contributed by atoms with Crippen molar-refractivity contribution in [2.24, 2.45) is 7.05 Å². The Kier molecular flexibility index (Phi) is 8.67. The Balaban J connectivity index is 1.02. The van der Waals surface area contributed by atoms with Gasteiger partial charge in [0.15, 0.2) is 5.65 Å². The second-order valence-corrected chi connectivity index (χ2v) is 13.6. The van der Waals surface area contributed by atoms with E-state index in [-0.39, 0.29) is 17.8 Å². The minimum absolute atomic E-state index is 0.215. The highest BCUT2D eigenvalue weighted by Gasteiger charge is 2.53. The van der Waals surface area contributed by atoms with E-state index in [1.807, 2.05) is 169 Å². The largest absolute Gasteiger partial charge is 0.486 e. The number of rotatable bonds is 10. The van der Waals surface area contributed by atoms with Gasteiger partial charge in [0.05, 0.1) is 10.9 Å². The first-order valence-corrected chi connectivity index (χ1v) is 17.7. The Morgan fingerprint density at radius 2 is 1.22 bits per heavy atom. The summed E-state index contributed by atoms with van der Waals surface area (Å²) in [7, 11) is 1.95. The summed E-state index contributed by atoms with van der Waals surface area (Å²) in [6.07, 6.45) is 0.403. The summed E-state index contributed by atoms with van der Waals surface area (Å²) in [5.74, 6) is 1.23. The second-order valence-electron chi connectivity index (χ2n) is 12.5. The number of ether oxygens (including phenoxy) is 1. The minimum Gasteiger partial charge on any atom is -0.486 e. The lowest BCUT2D eigenvalue weighted by Gasteiger charge is -2.42. The standard InChI is InChI=1S/C43H34N4O3S/c1-46-39(44-37-27-26-36(45-40(37)46)31-14-6-2-7-15-31)29-50-35-24-22-30(23-25-35)28-38-41(48)47(42(49)51-38)43(32-16-8-3-9-17-32,33-18-10-4-11-19-33)34-20-12-5-13-21-34/h2-27,38H,28-29H2,1H3. The predicted molar refractivity (Wildman–Crippen MR) is 201 cm³/mol. The number of aryl methyl sites for hydroxylation is 1. The first kappa shape index (κ1) is 32.2. The molecule has 0 bridgehead atoms. The highest BCUT2D eigenvalue weighted by atomic mass is 32.2. The third-order valence-electron chi connectivity index (χ3n) is 9.42. The molecule has 1 aliphatic rings. The van der Waals surface area contributed by atoms with Gasteiger partial charge >= 0.3 is 0 Å². The van der Waals surface area contributed by atoms with E-state index in [2.05, 4.69) is 0 Å². The fourth-order valence-corrected chi connectivity index (χ4v) is 7.97. The number of nitrogens with zero attached hydrogens (tertiary/aromatic N) is 4. The summed E-state index contributed by atoms with van der Waals surface area (Å²) in [6, 6.07) is 51.2. The Labute approximate surface area is 300 Å². The van der Waals surface area contributed by atoms with Crippen LogP contribution in [0, 0.1) is 0 Å². The first-order chi connectivity index (χ1) is 25.0. The quantitative estimate of drug-likeness (QED) is 0.134. The summed E-state index contributed by atoms with van der Waals surface area (Å²) >= 11 is 1.09. The molecule has 8 heteroatoms. The Morgan fingerprint density at radius 3 is 1.78 bits per heavy atom. The lowest BCUT2D eigenvalue weighted by Crippen LogP contribution is -2.51. The molecule has 3 heterocycles. The molecular formula is C43H34N4O3S. The van der Waals surface area contributed by atoms with Crippen LogP contribution >= 0.6 is 11.8 Å². The maximum absolute atomic E-state index is 14.5. The monoisotopic (exact) mass is 686 g/mol. The Hall–Kier alpha value is -5.99. The molecule has 1 atom stereocenters. The number of carbonyl (C=O) groups excluding carboxylic acids is 2. The fourth-order valence-electron chi connectivity index (χ4n) is 6.91. The van der Waals surface area contributed by atoms with Gasteiger partial charge in [0.1, 0.15) is 29.2 Å². The van der Waals surface area contributed by atoms with Crippen molar-refractivity contribution >= 4 is 34.1 Å². The number of hydrogen-bond donors (Lipinski definition) is 0. The van der Waals surface area contributed by atoms with E-state index in [1.165, 1.54) is 4.90 Å². The van der Waals surface area contributed by atoms with E-state index in [9.17, 15) is 9.59 Å². The summed E-state index contributed by atoms with van der Waals surface area (Å²) in [5, 5.41) is -0.845. The Morgan fingerprint density at radius 1 is 0.667 bits per heavy atom. The van der Waals surface area contributed by atoms with Crippen LogP contribution in [-0.4, -0.2) is 35.8 Å². The van der Waals surface area contributed by atoms with Gasteiger partial charge in [-0.1, -0.05) is 145 Å². The molecule has 1 fully saturated rings. The fraction of sp³-hybridized carbons (Fsp3) is 0.116. The summed E-state index contributed by atoms with van der Waals surface area (Å²) < 4.78 is 8.10. The number of pyridine rings is 1. The molecule has 1 aliphatic heterocycles. The highest BCUT2D eigenvalue weighted by Crippen LogP contribution is 2.47. The van der Waals surface area contributed by atoms with E-state index < -0.39 is 10.8 Å². The summed E-state index contributed by atoms with van der Waals surface area (Å²) in [5.41, 5.74) is 5.89. The molecule has 0 saturated carbocycles. The van der Waals surface area contributed by atoms with E-state index >= 15 is 0 Å². The van der Waals surface area contributed by atoms with Crippen molar-refractivity contribution in [2.45, 2.75) is 23.8 Å². The molecule has 7 nitrogen and oxygen atoms in total. The molecule has 8 rings (SSSR count). The first-order valence-electron chi connectivity index (χ1n) is 16.8. The van der Waals surface area contributed by atoms with Crippen LogP contribution in [0.15, 0.2) is 158 Å². The van der Waals surface area contributed by atoms with Gasteiger partial charge in [-0.05, 0) is 52.9 Å². The molecule has 1 unspecified atom stereocenters. The van der Waals surface area contributed by atoms with Gasteiger partial charge in [-0.15, -0.1) is 0 Å².